The maximum absolute atomic E-state index is 14.2. The lowest BCUT2D eigenvalue weighted by Gasteiger charge is -2.56. The molecule has 1 aliphatic carbocycles. The first-order valence-corrected chi connectivity index (χ1v) is 8.32. The lowest BCUT2D eigenvalue weighted by molar-refractivity contribution is -0.107. The smallest absolute Gasteiger partial charge is 0.258 e. The molecule has 23 heavy (non-hydrogen) atoms. The van der Waals surface area contributed by atoms with Gasteiger partial charge in [0.1, 0.15) is 5.82 Å². The molecule has 3 nitrogen and oxygen atoms in total. The average molecular weight is 340 g/mol. The molecular weight excluding hydrogens is 317 g/mol. The summed E-state index contributed by atoms with van der Waals surface area (Å²) in [5.41, 5.74) is 0.896. The Bertz CT molecular complexity index is 661. The number of hydrogen-bond donors (Lipinski definition) is 0. The van der Waals surface area contributed by atoms with Crippen molar-refractivity contribution in [3.8, 4) is 0 Å². The van der Waals surface area contributed by atoms with Gasteiger partial charge >= 0.3 is 0 Å². The van der Waals surface area contributed by atoms with Crippen molar-refractivity contribution in [3.63, 3.8) is 0 Å². The monoisotopic (exact) mass is 339 g/mol. The van der Waals surface area contributed by atoms with E-state index in [1.54, 1.807) is 25.0 Å². The third kappa shape index (κ3) is 2.47. The van der Waals surface area contributed by atoms with Crippen molar-refractivity contribution in [3.05, 3.63) is 34.1 Å². The van der Waals surface area contributed by atoms with Crippen molar-refractivity contribution in [2.75, 3.05) is 26.8 Å². The van der Waals surface area contributed by atoms with Crippen molar-refractivity contribution in [2.45, 2.75) is 27.2 Å². The number of methoxy groups -OCH3 is 1. The number of nitrogens with zero attached hydrogens (tertiary/aromatic N) is 1. The summed E-state index contributed by atoms with van der Waals surface area (Å²) in [6.07, 6.45) is 1.02. The lowest BCUT2D eigenvalue weighted by Crippen LogP contribution is -2.55. The van der Waals surface area contributed by atoms with Crippen molar-refractivity contribution < 1.29 is 13.9 Å². The zero-order chi connectivity index (χ0) is 17.0. The van der Waals surface area contributed by atoms with Crippen LogP contribution in [0.2, 0.25) is 5.02 Å². The average Bonchev–Trinajstić information content (AvgIpc) is 2.78. The molecule has 0 unspecified atom stereocenters. The molecule has 0 bridgehead atoms. The third-order valence-corrected chi connectivity index (χ3v) is 6.10. The number of carbonyl (C=O) groups excluding carboxylic acids is 1. The number of halogens is 2. The molecule has 1 saturated heterocycles. The minimum absolute atomic E-state index is 0.000682. The van der Waals surface area contributed by atoms with Crippen LogP contribution in [0, 0.1) is 29.5 Å². The summed E-state index contributed by atoms with van der Waals surface area (Å²) in [5, 5.41) is 0.217. The van der Waals surface area contributed by atoms with Gasteiger partial charge < -0.3 is 9.64 Å². The molecule has 2 fully saturated rings. The molecule has 5 heteroatoms. The van der Waals surface area contributed by atoms with E-state index in [0.717, 1.165) is 6.42 Å². The molecule has 0 aromatic heterocycles. The molecular formula is C18H23ClFNO2. The van der Waals surface area contributed by atoms with Gasteiger partial charge in [0.2, 0.25) is 0 Å². The molecule has 1 amide bonds. The Morgan fingerprint density at radius 1 is 1.48 bits per heavy atom. The van der Waals surface area contributed by atoms with Gasteiger partial charge in [0.05, 0.1) is 17.2 Å². The number of amides is 1. The summed E-state index contributed by atoms with van der Waals surface area (Å²) in [6, 6.07) is 2.91. The maximum atomic E-state index is 14.2. The minimum Gasteiger partial charge on any atom is -0.384 e. The molecule has 1 aromatic rings. The van der Waals surface area contributed by atoms with Crippen molar-refractivity contribution in [1.82, 2.24) is 4.90 Å². The highest BCUT2D eigenvalue weighted by Gasteiger charge is 2.63. The summed E-state index contributed by atoms with van der Waals surface area (Å²) in [4.78, 5) is 14.6. The second-order valence-corrected chi connectivity index (χ2v) is 8.13. The van der Waals surface area contributed by atoms with E-state index in [0.29, 0.717) is 31.2 Å². The van der Waals surface area contributed by atoms with Crippen LogP contribution < -0.4 is 0 Å². The molecule has 3 rings (SSSR count). The standard InChI is InChI=1S/C18H23ClFNO2/c1-11-5-6-12(20)14(15(11)19)16(22)21-7-13-17(2,3)8-18(13,9-21)10-23-4/h5-6,13H,7-10H2,1-4H3/t13-,18-/m1/s1. The number of aryl methyl sites for hydroxylation is 1. The van der Waals surface area contributed by atoms with Crippen LogP contribution in [0.5, 0.6) is 0 Å². The molecule has 126 valence electrons. The van der Waals surface area contributed by atoms with Crippen LogP contribution in [0.15, 0.2) is 12.1 Å². The second kappa shape index (κ2) is 5.45. The van der Waals surface area contributed by atoms with E-state index < -0.39 is 5.82 Å². The molecule has 1 aliphatic heterocycles. The van der Waals surface area contributed by atoms with Crippen LogP contribution in [0.25, 0.3) is 0 Å². The Morgan fingerprint density at radius 2 is 2.17 bits per heavy atom. The Labute approximate surface area is 141 Å². The van der Waals surface area contributed by atoms with E-state index in [1.165, 1.54) is 6.07 Å². The number of benzene rings is 1. The third-order valence-electron chi connectivity index (χ3n) is 5.62. The molecule has 0 radical (unpaired) electrons. The number of likely N-dealkylation sites (tertiary alicyclic amines) is 1. The van der Waals surface area contributed by atoms with Crippen LogP contribution in [-0.2, 0) is 4.74 Å². The van der Waals surface area contributed by atoms with Gasteiger partial charge in [-0.2, -0.15) is 0 Å². The SMILES string of the molecule is COC[C@@]12CN(C(=O)c3c(F)ccc(C)c3Cl)C[C@@H]1C(C)(C)C2. The highest BCUT2D eigenvalue weighted by atomic mass is 35.5. The molecule has 1 heterocycles. The number of carbonyl (C=O) groups is 1. The van der Waals surface area contributed by atoms with Crippen molar-refractivity contribution in [1.29, 1.82) is 0 Å². The van der Waals surface area contributed by atoms with E-state index in [4.69, 9.17) is 16.3 Å². The predicted octanol–water partition coefficient (Wildman–Crippen LogP) is 3.92. The molecule has 2 aliphatic rings. The zero-order valence-corrected chi connectivity index (χ0v) is 14.8. The topological polar surface area (TPSA) is 29.5 Å². The lowest BCUT2D eigenvalue weighted by atomic mass is 9.48. The fourth-order valence-corrected chi connectivity index (χ4v) is 5.01. The predicted molar refractivity (Wildman–Crippen MR) is 88.2 cm³/mol. The number of rotatable bonds is 3. The summed E-state index contributed by atoms with van der Waals surface area (Å²) in [5.74, 6) is -0.479. The first-order chi connectivity index (χ1) is 10.7. The van der Waals surface area contributed by atoms with Crippen LogP contribution >= 0.6 is 11.6 Å². The fraction of sp³-hybridized carbons (Fsp3) is 0.611. The van der Waals surface area contributed by atoms with Gasteiger partial charge in [-0.05, 0) is 36.3 Å². The Kier molecular flexibility index (Phi) is 3.96. The van der Waals surface area contributed by atoms with Crippen molar-refractivity contribution >= 4 is 17.5 Å². The summed E-state index contributed by atoms with van der Waals surface area (Å²) in [7, 11) is 1.69. The highest BCUT2D eigenvalue weighted by Crippen LogP contribution is 2.62. The van der Waals surface area contributed by atoms with Gasteiger partial charge in [-0.1, -0.05) is 31.5 Å². The van der Waals surface area contributed by atoms with Gasteiger partial charge in [0, 0.05) is 25.6 Å². The molecule has 0 N–H and O–H groups in total. The Morgan fingerprint density at radius 3 is 2.78 bits per heavy atom. The van der Waals surface area contributed by atoms with Crippen LogP contribution in [-0.4, -0.2) is 37.6 Å². The highest BCUT2D eigenvalue weighted by molar-refractivity contribution is 6.34. The van der Waals surface area contributed by atoms with E-state index in [9.17, 15) is 9.18 Å². The Balaban J connectivity index is 1.90. The first kappa shape index (κ1) is 16.7. The van der Waals surface area contributed by atoms with Crippen LogP contribution in [0.3, 0.4) is 0 Å². The van der Waals surface area contributed by atoms with Crippen molar-refractivity contribution in [2.24, 2.45) is 16.7 Å². The minimum atomic E-state index is -0.551. The van der Waals surface area contributed by atoms with E-state index in [-0.39, 0.29) is 27.3 Å². The maximum Gasteiger partial charge on any atom is 0.258 e. The van der Waals surface area contributed by atoms with Gasteiger partial charge in [-0.15, -0.1) is 0 Å². The largest absolute Gasteiger partial charge is 0.384 e. The fourth-order valence-electron chi connectivity index (χ4n) is 4.77. The van der Waals surface area contributed by atoms with Gasteiger partial charge in [-0.25, -0.2) is 4.39 Å². The number of hydrogen-bond acceptors (Lipinski definition) is 2. The quantitative estimate of drug-likeness (QED) is 0.835. The first-order valence-electron chi connectivity index (χ1n) is 7.95. The van der Waals surface area contributed by atoms with Gasteiger partial charge in [0.15, 0.2) is 0 Å². The van der Waals surface area contributed by atoms with Gasteiger partial charge in [0.25, 0.3) is 5.91 Å². The molecule has 1 saturated carbocycles. The van der Waals surface area contributed by atoms with E-state index in [1.807, 2.05) is 0 Å². The van der Waals surface area contributed by atoms with Gasteiger partial charge in [-0.3, -0.25) is 4.79 Å². The van der Waals surface area contributed by atoms with Crippen LogP contribution in [0.4, 0.5) is 4.39 Å². The second-order valence-electron chi connectivity index (χ2n) is 7.75. The molecule has 1 aromatic carbocycles. The van der Waals surface area contributed by atoms with E-state index >= 15 is 0 Å². The molecule has 2 atom stereocenters. The summed E-state index contributed by atoms with van der Waals surface area (Å²) < 4.78 is 19.6. The van der Waals surface area contributed by atoms with E-state index in [2.05, 4.69) is 13.8 Å². The van der Waals surface area contributed by atoms with Crippen LogP contribution in [0.1, 0.15) is 36.2 Å². The summed E-state index contributed by atoms with van der Waals surface area (Å²) in [6.45, 7) is 8.10. The number of ether oxygens (including phenoxy) is 1. The number of fused-ring (bicyclic) bond motifs is 1. The zero-order valence-electron chi connectivity index (χ0n) is 14.1. The summed E-state index contributed by atoms with van der Waals surface area (Å²) >= 11 is 6.20. The molecule has 0 spiro atoms. The Hall–Kier alpha value is -1.13. The normalized spacial score (nSPS) is 28.4.